The van der Waals surface area contributed by atoms with E-state index in [4.69, 9.17) is 18.9 Å². The van der Waals surface area contributed by atoms with Crippen molar-refractivity contribution in [3.8, 4) is 23.0 Å². The first-order valence-corrected chi connectivity index (χ1v) is 8.81. The molecule has 0 aliphatic carbocycles. The monoisotopic (exact) mass is 366 g/mol. The molecule has 0 saturated heterocycles. The molecule has 5 rings (SSSR count). The second-order valence-electron chi connectivity index (χ2n) is 6.50. The summed E-state index contributed by atoms with van der Waals surface area (Å²) in [6.45, 7) is 2.39. The Bertz CT molecular complexity index is 1080. The lowest BCUT2D eigenvalue weighted by atomic mass is 10.1. The van der Waals surface area contributed by atoms with Crippen molar-refractivity contribution >= 4 is 10.9 Å². The van der Waals surface area contributed by atoms with Gasteiger partial charge in [0.25, 0.3) is 5.56 Å². The quantitative estimate of drug-likeness (QED) is 0.738. The van der Waals surface area contributed by atoms with Gasteiger partial charge in [0.05, 0.1) is 5.52 Å². The number of ether oxygens (including phenoxy) is 4. The zero-order valence-corrected chi connectivity index (χ0v) is 14.5. The van der Waals surface area contributed by atoms with Gasteiger partial charge in [-0.1, -0.05) is 6.07 Å². The molecular weight excluding hydrogens is 348 g/mol. The summed E-state index contributed by atoms with van der Waals surface area (Å²) in [4.78, 5) is 15.3. The SMILES string of the molecule is O=c1[nH]c2cc3c(cc2cc1CNCc1ccc2c(c1)OCO2)OCCO3. The molecule has 3 aromatic rings. The molecule has 2 N–H and O–H groups in total. The van der Waals surface area contributed by atoms with Crippen LogP contribution in [-0.4, -0.2) is 25.0 Å². The number of nitrogens with one attached hydrogen (secondary N) is 2. The highest BCUT2D eigenvalue weighted by molar-refractivity contribution is 5.83. The van der Waals surface area contributed by atoms with E-state index < -0.39 is 0 Å². The lowest BCUT2D eigenvalue weighted by Crippen LogP contribution is -2.21. The van der Waals surface area contributed by atoms with Gasteiger partial charge in [0, 0.05) is 30.1 Å². The lowest BCUT2D eigenvalue weighted by Gasteiger charge is -2.18. The third-order valence-corrected chi connectivity index (χ3v) is 4.67. The van der Waals surface area contributed by atoms with E-state index in [1.165, 1.54) is 0 Å². The van der Waals surface area contributed by atoms with Crippen LogP contribution in [0.15, 0.2) is 41.2 Å². The van der Waals surface area contributed by atoms with Crippen LogP contribution in [0.4, 0.5) is 0 Å². The predicted molar refractivity (Wildman–Crippen MR) is 98.7 cm³/mol. The number of pyridine rings is 1. The van der Waals surface area contributed by atoms with Gasteiger partial charge in [-0.25, -0.2) is 0 Å². The molecule has 2 aromatic carbocycles. The molecule has 2 aliphatic rings. The van der Waals surface area contributed by atoms with E-state index in [9.17, 15) is 4.79 Å². The van der Waals surface area contributed by atoms with Gasteiger partial charge in [-0.15, -0.1) is 0 Å². The Labute approximate surface area is 154 Å². The molecule has 0 bridgehead atoms. The standard InChI is InChI=1S/C20H18N2O5/c23-20-14(10-21-9-12-1-2-16-17(5-12)27-11-26-16)6-13-7-18-19(8-15(13)22-20)25-4-3-24-18/h1-2,5-8,21H,3-4,9-11H2,(H,22,23). The molecule has 138 valence electrons. The highest BCUT2D eigenvalue weighted by atomic mass is 16.7. The Morgan fingerprint density at radius 1 is 0.852 bits per heavy atom. The summed E-state index contributed by atoms with van der Waals surface area (Å²) >= 11 is 0. The summed E-state index contributed by atoms with van der Waals surface area (Å²) in [7, 11) is 0. The first kappa shape index (κ1) is 16.0. The zero-order valence-electron chi connectivity index (χ0n) is 14.5. The van der Waals surface area contributed by atoms with Crippen LogP contribution >= 0.6 is 0 Å². The molecular formula is C20H18N2O5. The fourth-order valence-corrected chi connectivity index (χ4v) is 3.31. The van der Waals surface area contributed by atoms with E-state index in [-0.39, 0.29) is 12.4 Å². The van der Waals surface area contributed by atoms with E-state index in [0.717, 1.165) is 28.0 Å². The van der Waals surface area contributed by atoms with Gasteiger partial charge < -0.3 is 29.2 Å². The zero-order chi connectivity index (χ0) is 18.2. The van der Waals surface area contributed by atoms with Gasteiger partial charge in [0.2, 0.25) is 6.79 Å². The van der Waals surface area contributed by atoms with Crippen molar-refractivity contribution in [2.75, 3.05) is 20.0 Å². The molecule has 7 nitrogen and oxygen atoms in total. The molecule has 0 unspecified atom stereocenters. The summed E-state index contributed by atoms with van der Waals surface area (Å²) < 4.78 is 21.9. The third kappa shape index (κ3) is 3.06. The number of aromatic amines is 1. The van der Waals surface area contributed by atoms with Gasteiger partial charge in [-0.2, -0.15) is 0 Å². The first-order chi connectivity index (χ1) is 13.3. The maximum absolute atomic E-state index is 12.4. The lowest BCUT2D eigenvalue weighted by molar-refractivity contribution is 0.172. The molecule has 0 fully saturated rings. The molecule has 0 amide bonds. The number of benzene rings is 2. The van der Waals surface area contributed by atoms with Crippen molar-refractivity contribution in [1.82, 2.24) is 10.3 Å². The molecule has 0 saturated carbocycles. The summed E-state index contributed by atoms with van der Waals surface area (Å²) in [5, 5.41) is 4.22. The molecule has 2 aliphatic heterocycles. The highest BCUT2D eigenvalue weighted by Crippen LogP contribution is 2.34. The van der Waals surface area contributed by atoms with E-state index >= 15 is 0 Å². The first-order valence-electron chi connectivity index (χ1n) is 8.81. The van der Waals surface area contributed by atoms with Gasteiger partial charge in [-0.05, 0) is 29.8 Å². The molecule has 0 radical (unpaired) electrons. The molecule has 0 spiro atoms. The van der Waals surface area contributed by atoms with Gasteiger partial charge in [-0.3, -0.25) is 4.79 Å². The molecule has 27 heavy (non-hydrogen) atoms. The van der Waals surface area contributed by atoms with Gasteiger partial charge in [0.1, 0.15) is 13.2 Å². The van der Waals surface area contributed by atoms with Crippen molar-refractivity contribution in [2.45, 2.75) is 13.1 Å². The normalized spacial score (nSPS) is 14.5. The molecule has 7 heteroatoms. The van der Waals surface area contributed by atoms with E-state index in [0.29, 0.717) is 43.4 Å². The summed E-state index contributed by atoms with van der Waals surface area (Å²) in [6.07, 6.45) is 0. The Morgan fingerprint density at radius 3 is 2.52 bits per heavy atom. The van der Waals surface area contributed by atoms with Crippen LogP contribution in [0.25, 0.3) is 10.9 Å². The highest BCUT2D eigenvalue weighted by Gasteiger charge is 2.15. The minimum absolute atomic E-state index is 0.114. The second kappa shape index (κ2) is 6.51. The number of rotatable bonds is 4. The number of hydrogen-bond donors (Lipinski definition) is 2. The molecule has 1 aromatic heterocycles. The minimum atomic E-state index is -0.114. The molecule has 3 heterocycles. The summed E-state index contributed by atoms with van der Waals surface area (Å²) in [5.41, 5.74) is 2.36. The number of aromatic nitrogens is 1. The second-order valence-corrected chi connectivity index (χ2v) is 6.50. The fraction of sp³-hybridized carbons (Fsp3) is 0.250. The Hall–Kier alpha value is -3.19. The third-order valence-electron chi connectivity index (χ3n) is 4.67. The van der Waals surface area contributed by atoms with E-state index in [2.05, 4.69) is 10.3 Å². The van der Waals surface area contributed by atoms with Crippen LogP contribution in [0.2, 0.25) is 0 Å². The van der Waals surface area contributed by atoms with Crippen molar-refractivity contribution in [3.63, 3.8) is 0 Å². The van der Waals surface area contributed by atoms with E-state index in [1.54, 1.807) is 0 Å². The van der Waals surface area contributed by atoms with Crippen LogP contribution in [0.3, 0.4) is 0 Å². The topological polar surface area (TPSA) is 81.8 Å². The Balaban J connectivity index is 1.34. The Kier molecular flexibility index (Phi) is 3.86. The van der Waals surface area contributed by atoms with Gasteiger partial charge in [0.15, 0.2) is 23.0 Å². The minimum Gasteiger partial charge on any atom is -0.486 e. The molecule has 0 atom stereocenters. The summed E-state index contributed by atoms with van der Waals surface area (Å²) in [6, 6.07) is 11.4. The van der Waals surface area contributed by atoms with Crippen LogP contribution in [-0.2, 0) is 13.1 Å². The number of fused-ring (bicyclic) bond motifs is 3. The average Bonchev–Trinajstić information content (AvgIpc) is 3.15. The number of hydrogen-bond acceptors (Lipinski definition) is 6. The van der Waals surface area contributed by atoms with E-state index in [1.807, 2.05) is 36.4 Å². The maximum atomic E-state index is 12.4. The van der Waals surface area contributed by atoms with Crippen molar-refractivity contribution in [2.24, 2.45) is 0 Å². The van der Waals surface area contributed by atoms with Gasteiger partial charge >= 0.3 is 0 Å². The van der Waals surface area contributed by atoms with Crippen molar-refractivity contribution < 1.29 is 18.9 Å². The fourth-order valence-electron chi connectivity index (χ4n) is 3.31. The average molecular weight is 366 g/mol. The smallest absolute Gasteiger partial charge is 0.252 e. The largest absolute Gasteiger partial charge is 0.486 e. The van der Waals surface area contributed by atoms with Crippen LogP contribution < -0.4 is 29.8 Å². The van der Waals surface area contributed by atoms with Crippen LogP contribution in [0.5, 0.6) is 23.0 Å². The van der Waals surface area contributed by atoms with Crippen LogP contribution in [0, 0.1) is 0 Å². The van der Waals surface area contributed by atoms with Crippen LogP contribution in [0.1, 0.15) is 11.1 Å². The maximum Gasteiger partial charge on any atom is 0.252 e. The number of H-pyrrole nitrogens is 1. The van der Waals surface area contributed by atoms with Crippen molar-refractivity contribution in [3.05, 3.63) is 57.9 Å². The predicted octanol–water partition coefficient (Wildman–Crippen LogP) is 2.32. The van der Waals surface area contributed by atoms with Crippen molar-refractivity contribution in [1.29, 1.82) is 0 Å². The Morgan fingerprint density at radius 2 is 1.63 bits per heavy atom. The summed E-state index contributed by atoms with van der Waals surface area (Å²) in [5.74, 6) is 2.89.